The molecule has 0 amide bonds. The van der Waals surface area contributed by atoms with Gasteiger partial charge in [0.05, 0.1) is 12.2 Å². The zero-order valence-corrected chi connectivity index (χ0v) is 23.4. The van der Waals surface area contributed by atoms with Crippen molar-refractivity contribution >= 4 is 38.9 Å². The summed E-state index contributed by atoms with van der Waals surface area (Å²) in [6, 6.07) is 35.9. The van der Waals surface area contributed by atoms with E-state index < -0.39 is 16.0 Å². The van der Waals surface area contributed by atoms with E-state index in [1.165, 1.54) is 22.8 Å². The van der Waals surface area contributed by atoms with Crippen molar-refractivity contribution in [2.75, 3.05) is 16.8 Å². The number of aromatic nitrogens is 2. The molecule has 0 spiro atoms. The molecule has 0 saturated heterocycles. The lowest BCUT2D eigenvalue weighted by Gasteiger charge is -2.26. The third-order valence-corrected chi connectivity index (χ3v) is 8.20. The summed E-state index contributed by atoms with van der Waals surface area (Å²) in [5.74, 6) is -0.676. The number of hydrogen-bond acceptors (Lipinski definition) is 7. The predicted molar refractivity (Wildman–Crippen MR) is 162 cm³/mol. The Morgan fingerprint density at radius 1 is 0.738 bits per heavy atom. The maximum absolute atomic E-state index is 13.7. The fourth-order valence-corrected chi connectivity index (χ4v) is 5.81. The fraction of sp³-hybridized carbons (Fsp3) is 0.0938. The van der Waals surface area contributed by atoms with Crippen molar-refractivity contribution in [1.29, 1.82) is 0 Å². The van der Waals surface area contributed by atoms with Crippen LogP contribution in [0.5, 0.6) is 0 Å². The van der Waals surface area contributed by atoms with Gasteiger partial charge in [-0.2, -0.15) is 4.31 Å². The van der Waals surface area contributed by atoms with E-state index in [0.29, 0.717) is 11.5 Å². The highest BCUT2D eigenvalue weighted by Crippen LogP contribution is 2.34. The highest BCUT2D eigenvalue weighted by Gasteiger charge is 2.26. The Hall–Kier alpha value is -5.06. The van der Waals surface area contributed by atoms with E-state index in [2.05, 4.69) is 20.2 Å². The summed E-state index contributed by atoms with van der Waals surface area (Å²) in [5.41, 5.74) is 4.18. The van der Waals surface area contributed by atoms with E-state index in [1.54, 1.807) is 24.3 Å². The molecule has 0 aliphatic heterocycles. The molecule has 0 aliphatic carbocycles. The highest BCUT2D eigenvalue weighted by atomic mass is 32.2. The Morgan fingerprint density at radius 2 is 1.38 bits per heavy atom. The maximum Gasteiger partial charge on any atom is 0.322 e. The van der Waals surface area contributed by atoms with Gasteiger partial charge >= 0.3 is 5.97 Å². The minimum atomic E-state index is -3.94. The van der Waals surface area contributed by atoms with Crippen LogP contribution >= 0.6 is 0 Å². The summed E-state index contributed by atoms with van der Waals surface area (Å²) in [6.07, 6.45) is 2.84. The third-order valence-electron chi connectivity index (χ3n) is 6.42. The van der Waals surface area contributed by atoms with Crippen molar-refractivity contribution in [3.8, 4) is 0 Å². The van der Waals surface area contributed by atoms with Gasteiger partial charge in [-0.1, -0.05) is 54.6 Å². The normalized spacial score (nSPS) is 11.3. The van der Waals surface area contributed by atoms with Crippen molar-refractivity contribution in [2.24, 2.45) is 0 Å². The smallest absolute Gasteiger partial charge is 0.322 e. The summed E-state index contributed by atoms with van der Waals surface area (Å²) in [6.45, 7) is -0.242. The molecule has 3 aromatic carbocycles. The quantitative estimate of drug-likeness (QED) is 0.190. The predicted octanol–water partition coefficient (Wildman–Crippen LogP) is 5.83. The minimum Gasteiger partial charge on any atom is -0.480 e. The Kier molecular flexibility index (Phi) is 8.86. The molecule has 42 heavy (non-hydrogen) atoms. The van der Waals surface area contributed by atoms with Gasteiger partial charge in [-0.3, -0.25) is 9.78 Å². The van der Waals surface area contributed by atoms with Crippen LogP contribution in [0.2, 0.25) is 0 Å². The number of para-hydroxylation sites is 2. The van der Waals surface area contributed by atoms with Crippen LogP contribution in [0.15, 0.2) is 133 Å². The van der Waals surface area contributed by atoms with Crippen LogP contribution in [0.4, 0.5) is 22.9 Å². The van der Waals surface area contributed by atoms with Gasteiger partial charge in [-0.25, -0.2) is 13.4 Å². The largest absolute Gasteiger partial charge is 0.480 e. The zero-order valence-electron chi connectivity index (χ0n) is 22.6. The fourth-order valence-electron chi connectivity index (χ4n) is 4.44. The first-order valence-corrected chi connectivity index (χ1v) is 14.6. The summed E-state index contributed by atoms with van der Waals surface area (Å²) < 4.78 is 28.8. The molecular formula is C32H29N5O4S. The monoisotopic (exact) mass is 579 g/mol. The molecule has 5 rings (SSSR count). The van der Waals surface area contributed by atoms with Crippen LogP contribution in [0, 0.1) is 0 Å². The zero-order chi connectivity index (χ0) is 29.4. The Bertz CT molecular complexity index is 1680. The summed E-state index contributed by atoms with van der Waals surface area (Å²) in [5, 5.41) is 11.7. The topological polar surface area (TPSA) is 116 Å². The van der Waals surface area contributed by atoms with Gasteiger partial charge in [-0.05, 0) is 66.2 Å². The molecule has 0 radical (unpaired) electrons. The number of anilines is 4. The van der Waals surface area contributed by atoms with Gasteiger partial charge in [0.2, 0.25) is 10.0 Å². The number of carbonyl (C=O) groups is 1. The van der Waals surface area contributed by atoms with E-state index in [0.717, 1.165) is 22.6 Å². The number of pyridine rings is 2. The molecule has 0 bridgehead atoms. The molecule has 0 unspecified atom stereocenters. The van der Waals surface area contributed by atoms with Crippen LogP contribution < -0.4 is 10.2 Å². The number of aliphatic carboxylic acids is 1. The number of nitrogens with zero attached hydrogens (tertiary/aromatic N) is 4. The van der Waals surface area contributed by atoms with E-state index in [1.807, 2.05) is 84.9 Å². The Balaban J connectivity index is 1.45. The number of carboxylic acid groups (broad SMARTS) is 1. The first kappa shape index (κ1) is 28.5. The van der Waals surface area contributed by atoms with Crippen LogP contribution in [0.1, 0.15) is 11.3 Å². The number of hydrogen-bond donors (Lipinski definition) is 2. The third kappa shape index (κ3) is 6.98. The first-order valence-electron chi connectivity index (χ1n) is 13.2. The van der Waals surface area contributed by atoms with Crippen molar-refractivity contribution in [1.82, 2.24) is 14.3 Å². The Morgan fingerprint density at radius 3 is 1.98 bits per heavy atom. The second kappa shape index (κ2) is 13.1. The molecule has 0 aliphatic rings. The molecular weight excluding hydrogens is 550 g/mol. The summed E-state index contributed by atoms with van der Waals surface area (Å²) >= 11 is 0. The molecule has 0 atom stereocenters. The van der Waals surface area contributed by atoms with E-state index in [4.69, 9.17) is 5.11 Å². The lowest BCUT2D eigenvalue weighted by Crippen LogP contribution is -2.31. The maximum atomic E-state index is 13.7. The number of rotatable bonds is 12. The average molecular weight is 580 g/mol. The second-order valence-electron chi connectivity index (χ2n) is 9.40. The first-order chi connectivity index (χ1) is 20.4. The van der Waals surface area contributed by atoms with Gasteiger partial charge in [0, 0.05) is 36.0 Å². The van der Waals surface area contributed by atoms with Crippen molar-refractivity contribution in [3.63, 3.8) is 0 Å². The molecule has 212 valence electrons. The van der Waals surface area contributed by atoms with Crippen LogP contribution in [-0.2, 0) is 27.9 Å². The summed E-state index contributed by atoms with van der Waals surface area (Å²) in [4.78, 5) is 21.6. The molecule has 2 heterocycles. The van der Waals surface area contributed by atoms with Gasteiger partial charge in [0.15, 0.2) is 0 Å². The lowest BCUT2D eigenvalue weighted by atomic mass is 10.1. The van der Waals surface area contributed by atoms with Crippen molar-refractivity contribution in [3.05, 3.63) is 139 Å². The number of carboxylic acids is 1. The SMILES string of the molecule is O=C(O)CNc1cccc(CN(Cc2ccc(N(c3ccccc3)c3ccccc3)cc2)S(=O)(=O)c2cccnc2)n1. The molecule has 9 nitrogen and oxygen atoms in total. The molecule has 0 saturated carbocycles. The number of benzene rings is 3. The van der Waals surface area contributed by atoms with Crippen molar-refractivity contribution < 1.29 is 18.3 Å². The summed E-state index contributed by atoms with van der Waals surface area (Å²) in [7, 11) is -3.94. The van der Waals surface area contributed by atoms with Gasteiger partial charge < -0.3 is 15.3 Å². The van der Waals surface area contributed by atoms with Gasteiger partial charge in [-0.15, -0.1) is 0 Å². The Labute approximate surface area is 244 Å². The number of nitrogens with one attached hydrogen (secondary N) is 1. The molecule has 2 aromatic heterocycles. The average Bonchev–Trinajstić information content (AvgIpc) is 3.02. The van der Waals surface area contributed by atoms with Crippen LogP contribution in [0.25, 0.3) is 0 Å². The highest BCUT2D eigenvalue weighted by molar-refractivity contribution is 7.89. The van der Waals surface area contributed by atoms with E-state index in [9.17, 15) is 13.2 Å². The number of sulfonamides is 1. The van der Waals surface area contributed by atoms with Crippen LogP contribution in [0.3, 0.4) is 0 Å². The molecule has 2 N–H and O–H groups in total. The van der Waals surface area contributed by atoms with Crippen molar-refractivity contribution in [2.45, 2.75) is 18.0 Å². The molecule has 10 heteroatoms. The standard InChI is InChI=1S/C32H29N5O4S/c38-32(39)22-34-31-15-7-9-26(35-31)24-36(42(40,41)30-14-8-20-33-21-30)23-25-16-18-29(19-17-25)37(27-10-3-1-4-11-27)28-12-5-2-6-13-28/h1-21H,22-24H2,(H,34,35)(H,38,39). The van der Waals surface area contributed by atoms with Gasteiger partial charge in [0.1, 0.15) is 17.3 Å². The van der Waals surface area contributed by atoms with Crippen LogP contribution in [-0.4, -0.2) is 40.3 Å². The lowest BCUT2D eigenvalue weighted by molar-refractivity contribution is -0.134. The second-order valence-corrected chi connectivity index (χ2v) is 11.3. The van der Waals surface area contributed by atoms with E-state index in [-0.39, 0.29) is 24.5 Å². The van der Waals surface area contributed by atoms with Gasteiger partial charge in [0.25, 0.3) is 0 Å². The molecule has 0 fully saturated rings. The molecule has 5 aromatic rings. The van der Waals surface area contributed by atoms with E-state index >= 15 is 0 Å². The minimum absolute atomic E-state index is 0.0261.